The molecule has 1 saturated carbocycles. The quantitative estimate of drug-likeness (QED) is 0.662. The summed E-state index contributed by atoms with van der Waals surface area (Å²) in [6.45, 7) is 2.23. The number of hydrogen-bond donors (Lipinski definition) is 1. The van der Waals surface area contributed by atoms with Gasteiger partial charge in [0.25, 0.3) is 0 Å². The second kappa shape index (κ2) is 4.67. The first-order chi connectivity index (χ1) is 6.20. The van der Waals surface area contributed by atoms with E-state index < -0.39 is 5.60 Å². The van der Waals surface area contributed by atoms with Crippen LogP contribution in [0, 0.1) is 18.3 Å². The van der Waals surface area contributed by atoms with Crippen molar-refractivity contribution in [2.45, 2.75) is 57.5 Å². The van der Waals surface area contributed by atoms with Gasteiger partial charge in [0.15, 0.2) is 0 Å². The van der Waals surface area contributed by atoms with Gasteiger partial charge in [-0.2, -0.15) is 0 Å². The maximum Gasteiger partial charge on any atom is 0.0657 e. The largest absolute Gasteiger partial charge is 0.390 e. The van der Waals surface area contributed by atoms with Crippen molar-refractivity contribution in [2.24, 2.45) is 5.92 Å². The lowest BCUT2D eigenvalue weighted by molar-refractivity contribution is -0.0156. The second-order valence-corrected chi connectivity index (χ2v) is 4.28. The topological polar surface area (TPSA) is 20.2 Å². The predicted molar refractivity (Wildman–Crippen MR) is 55.3 cm³/mol. The molecule has 0 aromatic rings. The third-order valence-electron chi connectivity index (χ3n) is 3.35. The highest BCUT2D eigenvalue weighted by atomic mass is 16.3. The summed E-state index contributed by atoms with van der Waals surface area (Å²) < 4.78 is 0. The van der Waals surface area contributed by atoms with Crippen LogP contribution in [0.2, 0.25) is 0 Å². The van der Waals surface area contributed by atoms with E-state index in [1.54, 1.807) is 0 Å². The van der Waals surface area contributed by atoms with Gasteiger partial charge in [0.05, 0.1) is 5.60 Å². The van der Waals surface area contributed by atoms with Gasteiger partial charge in [0.2, 0.25) is 0 Å². The Balaban J connectivity index is 2.33. The van der Waals surface area contributed by atoms with Crippen LogP contribution in [0.15, 0.2) is 0 Å². The van der Waals surface area contributed by atoms with Crippen LogP contribution in [0.1, 0.15) is 51.9 Å². The summed E-state index contributed by atoms with van der Waals surface area (Å²) in [6, 6.07) is 0. The van der Waals surface area contributed by atoms with Crippen LogP contribution in [-0.2, 0) is 0 Å². The van der Waals surface area contributed by atoms with Gasteiger partial charge in [0, 0.05) is 6.42 Å². The van der Waals surface area contributed by atoms with E-state index in [0.29, 0.717) is 6.42 Å². The third kappa shape index (κ3) is 3.04. The van der Waals surface area contributed by atoms with Crippen LogP contribution in [0.4, 0.5) is 0 Å². The molecule has 0 atom stereocenters. The van der Waals surface area contributed by atoms with E-state index in [1.165, 1.54) is 19.3 Å². The molecule has 1 N–H and O–H groups in total. The van der Waals surface area contributed by atoms with Gasteiger partial charge >= 0.3 is 0 Å². The standard InChI is InChI=1S/C12H20O/c1-3-5-8-12(13)9-6-11(4-2)7-10-12/h1,11,13H,4-10H2,2H3. The average Bonchev–Trinajstić information content (AvgIpc) is 2.16. The Kier molecular flexibility index (Phi) is 3.81. The molecule has 0 bridgehead atoms. The van der Waals surface area contributed by atoms with Crippen LogP contribution >= 0.6 is 0 Å². The van der Waals surface area contributed by atoms with Gasteiger partial charge in [-0.1, -0.05) is 13.3 Å². The molecular formula is C12H20O. The lowest BCUT2D eigenvalue weighted by Crippen LogP contribution is -2.33. The Morgan fingerprint density at radius 3 is 2.54 bits per heavy atom. The fraction of sp³-hybridized carbons (Fsp3) is 0.833. The highest BCUT2D eigenvalue weighted by molar-refractivity contribution is 4.91. The molecule has 0 saturated heterocycles. The highest BCUT2D eigenvalue weighted by Gasteiger charge is 2.31. The molecule has 0 heterocycles. The van der Waals surface area contributed by atoms with Crippen LogP contribution in [0.5, 0.6) is 0 Å². The summed E-state index contributed by atoms with van der Waals surface area (Å²) in [7, 11) is 0. The minimum Gasteiger partial charge on any atom is -0.390 e. The number of hydrogen-bond acceptors (Lipinski definition) is 1. The molecule has 0 spiro atoms. The molecule has 0 aromatic carbocycles. The van der Waals surface area contributed by atoms with Crippen LogP contribution in [0.25, 0.3) is 0 Å². The van der Waals surface area contributed by atoms with Crippen LogP contribution < -0.4 is 0 Å². The molecule has 0 amide bonds. The zero-order valence-electron chi connectivity index (χ0n) is 8.55. The molecule has 74 valence electrons. The zero-order valence-corrected chi connectivity index (χ0v) is 8.55. The van der Waals surface area contributed by atoms with Crippen molar-refractivity contribution in [1.29, 1.82) is 0 Å². The Hall–Kier alpha value is -0.480. The highest BCUT2D eigenvalue weighted by Crippen LogP contribution is 2.36. The summed E-state index contributed by atoms with van der Waals surface area (Å²) in [6.07, 6.45) is 12.2. The normalized spacial score (nSPS) is 34.1. The van der Waals surface area contributed by atoms with E-state index >= 15 is 0 Å². The molecule has 0 aromatic heterocycles. The van der Waals surface area contributed by atoms with Gasteiger partial charge in [-0.15, -0.1) is 12.3 Å². The van der Waals surface area contributed by atoms with Crippen molar-refractivity contribution in [2.75, 3.05) is 0 Å². The molecule has 1 nitrogen and oxygen atoms in total. The van der Waals surface area contributed by atoms with Crippen molar-refractivity contribution >= 4 is 0 Å². The van der Waals surface area contributed by atoms with E-state index in [1.807, 2.05) is 0 Å². The number of rotatable bonds is 3. The maximum absolute atomic E-state index is 10.1. The second-order valence-electron chi connectivity index (χ2n) is 4.28. The predicted octanol–water partition coefficient (Wildman–Crippen LogP) is 2.73. The molecule has 0 unspecified atom stereocenters. The van der Waals surface area contributed by atoms with Gasteiger partial charge in [-0.3, -0.25) is 0 Å². The molecule has 0 aliphatic heterocycles. The van der Waals surface area contributed by atoms with Crippen molar-refractivity contribution < 1.29 is 5.11 Å². The molecule has 0 radical (unpaired) electrons. The Bertz CT molecular complexity index is 182. The van der Waals surface area contributed by atoms with Crippen LogP contribution in [-0.4, -0.2) is 10.7 Å². The molecule has 1 heteroatoms. The number of aliphatic hydroxyl groups is 1. The van der Waals surface area contributed by atoms with Gasteiger partial charge in [-0.05, 0) is 38.0 Å². The molecule has 1 rings (SSSR count). The van der Waals surface area contributed by atoms with Crippen molar-refractivity contribution in [1.82, 2.24) is 0 Å². The molecule has 1 aliphatic rings. The van der Waals surface area contributed by atoms with Crippen molar-refractivity contribution in [3.05, 3.63) is 0 Å². The molecule has 13 heavy (non-hydrogen) atoms. The van der Waals surface area contributed by atoms with Crippen LogP contribution in [0.3, 0.4) is 0 Å². The SMILES string of the molecule is C#CCCC1(O)CCC(CC)CC1. The first kappa shape index (κ1) is 10.6. The number of terminal acetylenes is 1. The summed E-state index contributed by atoms with van der Waals surface area (Å²) in [5.41, 5.74) is -0.432. The van der Waals surface area contributed by atoms with E-state index in [-0.39, 0.29) is 0 Å². The fourth-order valence-corrected chi connectivity index (χ4v) is 2.18. The molecule has 1 fully saturated rings. The third-order valence-corrected chi connectivity index (χ3v) is 3.35. The summed E-state index contributed by atoms with van der Waals surface area (Å²) >= 11 is 0. The molecule has 1 aliphatic carbocycles. The van der Waals surface area contributed by atoms with E-state index in [2.05, 4.69) is 12.8 Å². The van der Waals surface area contributed by atoms with Crippen molar-refractivity contribution in [3.8, 4) is 12.3 Å². The maximum atomic E-state index is 10.1. The summed E-state index contributed by atoms with van der Waals surface area (Å²) in [5.74, 6) is 3.44. The van der Waals surface area contributed by atoms with Gasteiger partial charge in [-0.25, -0.2) is 0 Å². The van der Waals surface area contributed by atoms with Gasteiger partial charge < -0.3 is 5.11 Å². The fourth-order valence-electron chi connectivity index (χ4n) is 2.18. The Morgan fingerprint density at radius 2 is 2.08 bits per heavy atom. The lowest BCUT2D eigenvalue weighted by atomic mass is 9.76. The zero-order chi connectivity index (χ0) is 9.73. The summed E-state index contributed by atoms with van der Waals surface area (Å²) in [5, 5.41) is 10.1. The summed E-state index contributed by atoms with van der Waals surface area (Å²) in [4.78, 5) is 0. The minimum absolute atomic E-state index is 0.432. The Morgan fingerprint density at radius 1 is 1.46 bits per heavy atom. The lowest BCUT2D eigenvalue weighted by Gasteiger charge is -2.35. The smallest absolute Gasteiger partial charge is 0.0657 e. The first-order valence-corrected chi connectivity index (χ1v) is 5.36. The van der Waals surface area contributed by atoms with E-state index in [4.69, 9.17) is 6.42 Å². The Labute approximate surface area is 81.5 Å². The van der Waals surface area contributed by atoms with Crippen molar-refractivity contribution in [3.63, 3.8) is 0 Å². The van der Waals surface area contributed by atoms with E-state index in [0.717, 1.165) is 25.2 Å². The molecular weight excluding hydrogens is 160 g/mol. The minimum atomic E-state index is -0.432. The monoisotopic (exact) mass is 180 g/mol. The average molecular weight is 180 g/mol. The van der Waals surface area contributed by atoms with E-state index in [9.17, 15) is 5.11 Å². The first-order valence-electron chi connectivity index (χ1n) is 5.36. The van der Waals surface area contributed by atoms with Gasteiger partial charge in [0.1, 0.15) is 0 Å².